The molecule has 200 valence electrons. The van der Waals surface area contributed by atoms with Crippen molar-refractivity contribution in [3.63, 3.8) is 0 Å². The number of ether oxygens (including phenoxy) is 1. The van der Waals surface area contributed by atoms with Crippen molar-refractivity contribution in [2.45, 2.75) is 51.0 Å². The van der Waals surface area contributed by atoms with Gasteiger partial charge in [0, 0.05) is 67.5 Å². The molecule has 2 radical (unpaired) electrons. The molecule has 2 heterocycles. The zero-order chi connectivity index (χ0) is 27.3. The van der Waals surface area contributed by atoms with Gasteiger partial charge < -0.3 is 20.1 Å². The van der Waals surface area contributed by atoms with Crippen LogP contribution in [0, 0.1) is 0 Å². The van der Waals surface area contributed by atoms with Gasteiger partial charge in [-0.2, -0.15) is 23.3 Å². The first-order valence-electron chi connectivity index (χ1n) is 11.3. The van der Waals surface area contributed by atoms with Gasteiger partial charge in [-0.15, -0.1) is 0 Å². The number of methoxy groups -OCH3 is 1. The van der Waals surface area contributed by atoms with E-state index in [0.29, 0.717) is 11.3 Å². The molecule has 0 fully saturated rings. The van der Waals surface area contributed by atoms with E-state index in [1.165, 1.54) is 48.3 Å². The Morgan fingerprint density at radius 3 is 2.53 bits per heavy atom. The molecule has 1 aromatic carbocycles. The predicted octanol–water partition coefficient (Wildman–Crippen LogP) is 3.70. The van der Waals surface area contributed by atoms with Gasteiger partial charge in [-0.3, -0.25) is 4.79 Å². The fraction of sp³-hybridized carbons (Fsp3) is 0.360. The van der Waals surface area contributed by atoms with Crippen LogP contribution in [0.1, 0.15) is 49.4 Å². The summed E-state index contributed by atoms with van der Waals surface area (Å²) in [7, 11) is 1.38. The number of aromatic nitrogens is 4. The van der Waals surface area contributed by atoms with Crippen LogP contribution >= 0.6 is 0 Å². The second-order valence-corrected chi connectivity index (χ2v) is 8.61. The molecule has 0 aliphatic carbocycles. The zero-order valence-electron chi connectivity index (χ0n) is 21.1. The zero-order valence-corrected chi connectivity index (χ0v) is 23.3. The van der Waals surface area contributed by atoms with Crippen molar-refractivity contribution in [2.24, 2.45) is 0 Å². The average molecular weight is 561 g/mol. The van der Waals surface area contributed by atoms with Gasteiger partial charge in [0.2, 0.25) is 0 Å². The van der Waals surface area contributed by atoms with Gasteiger partial charge in [0.15, 0.2) is 5.82 Å². The fourth-order valence-electron chi connectivity index (χ4n) is 3.72. The van der Waals surface area contributed by atoms with Gasteiger partial charge >= 0.3 is 18.2 Å². The molecule has 3 rings (SSSR count). The van der Waals surface area contributed by atoms with Crippen LogP contribution in [-0.2, 0) is 11.0 Å². The molecule has 0 saturated carbocycles. The van der Waals surface area contributed by atoms with E-state index in [0.717, 1.165) is 12.1 Å². The number of hydrogen-bond donors (Lipinski definition) is 3. The van der Waals surface area contributed by atoms with E-state index in [2.05, 4.69) is 15.1 Å². The third-order valence-electron chi connectivity index (χ3n) is 5.39. The summed E-state index contributed by atoms with van der Waals surface area (Å²) in [5.41, 5.74) is 0.575. The van der Waals surface area contributed by atoms with Gasteiger partial charge in [-0.25, -0.2) is 9.67 Å². The van der Waals surface area contributed by atoms with Crippen LogP contribution in [0.25, 0.3) is 23.2 Å². The summed E-state index contributed by atoms with van der Waals surface area (Å²) < 4.78 is 47.1. The number of benzene rings is 1. The molecule has 0 spiro atoms. The van der Waals surface area contributed by atoms with Crippen molar-refractivity contribution in [3.05, 3.63) is 59.4 Å². The minimum Gasteiger partial charge on any atom is -0.481 e. The van der Waals surface area contributed by atoms with Crippen molar-refractivity contribution in [1.29, 1.82) is 0 Å². The topological polar surface area (TPSA) is 131 Å². The quantitative estimate of drug-likeness (QED) is 0.320. The van der Waals surface area contributed by atoms with Gasteiger partial charge in [0.1, 0.15) is 0 Å². The molecule has 0 aliphatic rings. The molecule has 0 bridgehead atoms. The molecule has 38 heavy (non-hydrogen) atoms. The van der Waals surface area contributed by atoms with E-state index in [9.17, 15) is 28.2 Å². The third kappa shape index (κ3) is 8.00. The maximum Gasteiger partial charge on any atom is 0.416 e. The summed E-state index contributed by atoms with van der Waals surface area (Å²) >= 11 is 0. The van der Waals surface area contributed by atoms with E-state index >= 15 is 0 Å². The molecule has 13 heteroatoms. The number of carboxylic acid groups (broad SMARTS) is 1. The van der Waals surface area contributed by atoms with Gasteiger partial charge in [-0.1, -0.05) is 38.1 Å². The van der Waals surface area contributed by atoms with Crippen molar-refractivity contribution in [1.82, 2.24) is 19.7 Å². The number of aliphatic hydroxyl groups is 2. The molecular formula is C25H27CaF3N4O5. The Bertz CT molecular complexity index is 1280. The van der Waals surface area contributed by atoms with Crippen molar-refractivity contribution in [3.8, 4) is 23.1 Å². The Morgan fingerprint density at radius 1 is 1.21 bits per heavy atom. The molecule has 0 saturated heterocycles. The summed E-state index contributed by atoms with van der Waals surface area (Å²) in [5, 5.41) is 33.7. The largest absolute Gasteiger partial charge is 0.481 e. The summed E-state index contributed by atoms with van der Waals surface area (Å²) in [6.45, 7) is 3.71. The number of halogens is 3. The van der Waals surface area contributed by atoms with E-state index in [4.69, 9.17) is 9.84 Å². The van der Waals surface area contributed by atoms with Crippen molar-refractivity contribution >= 4 is 49.8 Å². The maximum absolute atomic E-state index is 13.5. The normalized spacial score (nSPS) is 13.4. The number of rotatable bonds is 10. The molecule has 3 aromatic rings. The van der Waals surface area contributed by atoms with Gasteiger partial charge in [0.05, 0.1) is 42.7 Å². The van der Waals surface area contributed by atoms with Crippen LogP contribution in [-0.4, -0.2) is 98.1 Å². The van der Waals surface area contributed by atoms with Crippen LogP contribution in [0.15, 0.2) is 42.6 Å². The van der Waals surface area contributed by atoms with E-state index in [1.54, 1.807) is 0 Å². The molecular weight excluding hydrogens is 533 g/mol. The fourth-order valence-corrected chi connectivity index (χ4v) is 3.72. The standard InChI is InChI=1S/C25H27F3N4O5.Ca/c1-14(2)22-19(8-7-17(33)12-18(34)13-21(35)36)23(15-5-4-6-16(11-15)25(26,27)28)32(31-22)20-9-10-29-24(30-20)37-3;/h4-11,14,17-18,33-34H,12-13H2,1-3H3,(H,35,36);/t17-,18-;/m1./s1. The Balaban J connectivity index is 0.00000507. The van der Waals surface area contributed by atoms with E-state index in [-0.39, 0.29) is 73.2 Å². The summed E-state index contributed by atoms with van der Waals surface area (Å²) in [4.78, 5) is 19.0. The Labute approximate surface area is 247 Å². The monoisotopic (exact) mass is 560 g/mol. The predicted molar refractivity (Wildman–Crippen MR) is 134 cm³/mol. The number of alkyl halides is 3. The SMILES string of the molecule is COc1nccc(-n2nc(C(C)C)c(C=C[C@@H](O)C[C@@H](O)CC(=O)O)c2-c2cccc(C(F)(F)F)c2)n1.[Ca]. The van der Waals surface area contributed by atoms with Crippen LogP contribution in [0.3, 0.4) is 0 Å². The van der Waals surface area contributed by atoms with Crippen LogP contribution in [0.2, 0.25) is 0 Å². The minimum absolute atomic E-state index is 0. The first-order valence-corrected chi connectivity index (χ1v) is 11.3. The number of nitrogens with zero attached hydrogens (tertiary/aromatic N) is 4. The molecule has 9 nitrogen and oxygen atoms in total. The first-order chi connectivity index (χ1) is 17.4. The number of aliphatic hydroxyl groups excluding tert-OH is 2. The molecule has 0 aliphatic heterocycles. The van der Waals surface area contributed by atoms with Crippen LogP contribution < -0.4 is 4.74 Å². The van der Waals surface area contributed by atoms with Gasteiger partial charge in [-0.05, 0) is 18.1 Å². The number of carbonyl (C=O) groups is 1. The second-order valence-electron chi connectivity index (χ2n) is 8.61. The number of aliphatic carboxylic acids is 1. The van der Waals surface area contributed by atoms with Crippen molar-refractivity contribution in [2.75, 3.05) is 7.11 Å². The average Bonchev–Trinajstić information content (AvgIpc) is 3.21. The number of carboxylic acids is 1. The first kappa shape index (κ1) is 31.7. The molecule has 0 unspecified atom stereocenters. The third-order valence-corrected chi connectivity index (χ3v) is 5.39. The Hall–Kier alpha value is -2.51. The summed E-state index contributed by atoms with van der Waals surface area (Å²) in [6.07, 6.45) is -3.57. The smallest absolute Gasteiger partial charge is 0.416 e. The second kappa shape index (κ2) is 13.5. The number of hydrogen-bond acceptors (Lipinski definition) is 7. The van der Waals surface area contributed by atoms with Crippen LogP contribution in [0.5, 0.6) is 6.01 Å². The Morgan fingerprint density at radius 2 is 1.92 bits per heavy atom. The van der Waals surface area contributed by atoms with Crippen molar-refractivity contribution < 1.29 is 38.0 Å². The molecule has 2 atom stereocenters. The minimum atomic E-state index is -4.58. The molecule has 3 N–H and O–H groups in total. The molecule has 2 aromatic heterocycles. The summed E-state index contributed by atoms with van der Waals surface area (Å²) in [6, 6.07) is 6.33. The van der Waals surface area contributed by atoms with Gasteiger partial charge in [0.25, 0.3) is 0 Å². The Kier molecular flexibility index (Phi) is 11.3. The molecule has 0 amide bonds. The summed E-state index contributed by atoms with van der Waals surface area (Å²) in [5.74, 6) is -1.14. The van der Waals surface area contributed by atoms with E-state index in [1.807, 2.05) is 13.8 Å². The van der Waals surface area contributed by atoms with Crippen LogP contribution in [0.4, 0.5) is 13.2 Å². The van der Waals surface area contributed by atoms with E-state index < -0.39 is 36.3 Å². The maximum atomic E-state index is 13.5.